The Morgan fingerprint density at radius 2 is 1.50 bits per heavy atom. The van der Waals surface area contributed by atoms with E-state index in [1.807, 2.05) is 0 Å². The third-order valence-corrected chi connectivity index (χ3v) is 3.42. The van der Waals surface area contributed by atoms with Crippen LogP contribution in [0.25, 0.3) is 0 Å². The summed E-state index contributed by atoms with van der Waals surface area (Å²) >= 11 is 0. The molecule has 1 unspecified atom stereocenters. The van der Waals surface area contributed by atoms with Crippen molar-refractivity contribution in [1.29, 1.82) is 0 Å². The molecule has 1 atom stereocenters. The Morgan fingerprint density at radius 3 is 2.06 bits per heavy atom. The van der Waals surface area contributed by atoms with E-state index in [9.17, 15) is 0 Å². The first-order valence-electron chi connectivity index (χ1n) is 7.77. The summed E-state index contributed by atoms with van der Waals surface area (Å²) < 4.78 is 10.6. The Hall–Kier alpha value is -0.0800. The minimum absolute atomic E-state index is 0.424. The van der Waals surface area contributed by atoms with E-state index in [2.05, 4.69) is 20.8 Å². The summed E-state index contributed by atoms with van der Waals surface area (Å²) in [5.74, 6) is 0. The molecule has 0 bridgehead atoms. The number of ether oxygens (including phenoxy) is 2. The van der Waals surface area contributed by atoms with Gasteiger partial charge in [0, 0.05) is 6.61 Å². The van der Waals surface area contributed by atoms with E-state index in [4.69, 9.17) is 9.47 Å². The van der Waals surface area contributed by atoms with E-state index in [0.717, 1.165) is 19.8 Å². The Labute approximate surface area is 113 Å². The van der Waals surface area contributed by atoms with Gasteiger partial charge in [-0.05, 0) is 18.3 Å². The highest BCUT2D eigenvalue weighted by Crippen LogP contribution is 2.22. The molecule has 1 rings (SSSR count). The summed E-state index contributed by atoms with van der Waals surface area (Å²) in [7, 11) is 0. The van der Waals surface area contributed by atoms with Crippen LogP contribution in [0.1, 0.15) is 72.1 Å². The van der Waals surface area contributed by atoms with Gasteiger partial charge in [-0.2, -0.15) is 0 Å². The molecule has 1 fully saturated rings. The van der Waals surface area contributed by atoms with Crippen LogP contribution < -0.4 is 0 Å². The molecule has 1 heterocycles. The molecule has 1 aliphatic rings. The molecule has 2 nitrogen and oxygen atoms in total. The molecule has 1 aliphatic heterocycles. The number of hydrogen-bond acceptors (Lipinski definition) is 2. The quantitative estimate of drug-likeness (QED) is 0.399. The van der Waals surface area contributed by atoms with E-state index in [1.54, 1.807) is 0 Å². The lowest BCUT2D eigenvalue weighted by Crippen LogP contribution is -2.03. The van der Waals surface area contributed by atoms with Gasteiger partial charge in [-0.3, -0.25) is 0 Å². The molecular formula is C16H32O2. The summed E-state index contributed by atoms with van der Waals surface area (Å²) in [4.78, 5) is 0. The topological polar surface area (TPSA) is 21.8 Å². The maximum Gasteiger partial charge on any atom is 0.104 e. The van der Waals surface area contributed by atoms with Gasteiger partial charge in [-0.25, -0.2) is 0 Å². The van der Waals surface area contributed by atoms with Gasteiger partial charge >= 0.3 is 0 Å². The van der Waals surface area contributed by atoms with Crippen LogP contribution in [-0.4, -0.2) is 25.9 Å². The van der Waals surface area contributed by atoms with Crippen LogP contribution in [0.15, 0.2) is 0 Å². The fraction of sp³-hybridized carbons (Fsp3) is 1.00. The highest BCUT2D eigenvalue weighted by molar-refractivity contribution is 4.67. The van der Waals surface area contributed by atoms with Crippen molar-refractivity contribution in [3.8, 4) is 0 Å². The van der Waals surface area contributed by atoms with E-state index in [1.165, 1.54) is 51.4 Å². The maximum atomic E-state index is 5.52. The fourth-order valence-corrected chi connectivity index (χ4v) is 2.12. The van der Waals surface area contributed by atoms with Crippen molar-refractivity contribution in [3.63, 3.8) is 0 Å². The van der Waals surface area contributed by atoms with Gasteiger partial charge in [-0.1, -0.05) is 59.3 Å². The first kappa shape index (κ1) is 16.0. The molecule has 18 heavy (non-hydrogen) atoms. The van der Waals surface area contributed by atoms with Crippen molar-refractivity contribution >= 4 is 0 Å². The summed E-state index contributed by atoms with van der Waals surface area (Å²) in [5.41, 5.74) is 0.516. The normalized spacial score (nSPS) is 19.2. The summed E-state index contributed by atoms with van der Waals surface area (Å²) in [5, 5.41) is 0. The molecule has 2 heteroatoms. The lowest BCUT2D eigenvalue weighted by molar-refractivity contribution is 0.113. The second-order valence-electron chi connectivity index (χ2n) is 6.82. The summed E-state index contributed by atoms with van der Waals surface area (Å²) in [6.45, 7) is 9.64. The van der Waals surface area contributed by atoms with Crippen molar-refractivity contribution in [3.05, 3.63) is 0 Å². The average Bonchev–Trinajstić information content (AvgIpc) is 3.08. The summed E-state index contributed by atoms with van der Waals surface area (Å²) in [6.07, 6.45) is 11.3. The first-order valence-corrected chi connectivity index (χ1v) is 7.77. The molecule has 108 valence electrons. The monoisotopic (exact) mass is 256 g/mol. The molecule has 0 aromatic carbocycles. The third kappa shape index (κ3) is 11.0. The Bertz CT molecular complexity index is 192. The minimum atomic E-state index is 0.424. The van der Waals surface area contributed by atoms with Crippen molar-refractivity contribution in [2.24, 2.45) is 5.41 Å². The van der Waals surface area contributed by atoms with Gasteiger partial charge in [0.25, 0.3) is 0 Å². The van der Waals surface area contributed by atoms with Crippen molar-refractivity contribution < 1.29 is 9.47 Å². The maximum absolute atomic E-state index is 5.52. The predicted molar refractivity (Wildman–Crippen MR) is 77.0 cm³/mol. The molecule has 0 aliphatic carbocycles. The Morgan fingerprint density at radius 1 is 0.944 bits per heavy atom. The molecule has 0 radical (unpaired) electrons. The molecule has 0 aromatic rings. The van der Waals surface area contributed by atoms with Gasteiger partial charge in [0.05, 0.1) is 13.2 Å². The van der Waals surface area contributed by atoms with Crippen molar-refractivity contribution in [2.45, 2.75) is 78.2 Å². The lowest BCUT2D eigenvalue weighted by atomic mass is 9.89. The van der Waals surface area contributed by atoms with Crippen molar-refractivity contribution in [1.82, 2.24) is 0 Å². The summed E-state index contributed by atoms with van der Waals surface area (Å²) in [6, 6.07) is 0. The minimum Gasteiger partial charge on any atom is -0.379 e. The van der Waals surface area contributed by atoms with Gasteiger partial charge in [-0.15, -0.1) is 0 Å². The predicted octanol–water partition coefficient (Wildman–Crippen LogP) is 4.57. The van der Waals surface area contributed by atoms with Crippen LogP contribution in [0.3, 0.4) is 0 Å². The molecule has 0 N–H and O–H groups in total. The van der Waals surface area contributed by atoms with E-state index in [0.29, 0.717) is 11.5 Å². The largest absolute Gasteiger partial charge is 0.379 e. The highest BCUT2D eigenvalue weighted by Gasteiger charge is 2.21. The zero-order valence-electron chi connectivity index (χ0n) is 12.7. The first-order chi connectivity index (χ1) is 8.58. The van der Waals surface area contributed by atoms with Gasteiger partial charge in [0.1, 0.15) is 6.10 Å². The van der Waals surface area contributed by atoms with Crippen LogP contribution >= 0.6 is 0 Å². The average molecular weight is 256 g/mol. The second-order valence-corrected chi connectivity index (χ2v) is 6.82. The zero-order valence-corrected chi connectivity index (χ0v) is 12.7. The standard InChI is InChI=1S/C16H32O2/c1-16(2,3)11-9-7-5-4-6-8-10-12-17-13-15-14-18-15/h15H,4-14H2,1-3H3. The molecule has 0 aromatic heterocycles. The van der Waals surface area contributed by atoms with E-state index >= 15 is 0 Å². The zero-order chi connectivity index (χ0) is 13.3. The molecule has 0 spiro atoms. The SMILES string of the molecule is CC(C)(C)CCCCCCCCCOCC1CO1. The van der Waals surface area contributed by atoms with Gasteiger partial charge in [0.2, 0.25) is 0 Å². The Balaban J connectivity index is 1.67. The molecule has 0 saturated carbocycles. The second kappa shape index (κ2) is 8.92. The van der Waals surface area contributed by atoms with E-state index < -0.39 is 0 Å². The van der Waals surface area contributed by atoms with Crippen LogP contribution in [-0.2, 0) is 9.47 Å². The number of rotatable bonds is 11. The third-order valence-electron chi connectivity index (χ3n) is 3.42. The Kier molecular flexibility index (Phi) is 7.92. The molecule has 0 amide bonds. The number of unbranched alkanes of at least 4 members (excludes halogenated alkanes) is 6. The van der Waals surface area contributed by atoms with Gasteiger partial charge in [0.15, 0.2) is 0 Å². The van der Waals surface area contributed by atoms with Crippen LogP contribution in [0.4, 0.5) is 0 Å². The molecular weight excluding hydrogens is 224 g/mol. The number of hydrogen-bond donors (Lipinski definition) is 0. The van der Waals surface area contributed by atoms with Crippen molar-refractivity contribution in [2.75, 3.05) is 19.8 Å². The number of epoxide rings is 1. The van der Waals surface area contributed by atoms with Crippen LogP contribution in [0.5, 0.6) is 0 Å². The molecule has 1 saturated heterocycles. The van der Waals surface area contributed by atoms with Gasteiger partial charge < -0.3 is 9.47 Å². The smallest absolute Gasteiger partial charge is 0.104 e. The van der Waals surface area contributed by atoms with Crippen LogP contribution in [0, 0.1) is 5.41 Å². The van der Waals surface area contributed by atoms with Crippen LogP contribution in [0.2, 0.25) is 0 Å². The fourth-order valence-electron chi connectivity index (χ4n) is 2.12. The van der Waals surface area contributed by atoms with E-state index in [-0.39, 0.29) is 0 Å². The lowest BCUT2D eigenvalue weighted by Gasteiger charge is -2.17. The highest BCUT2D eigenvalue weighted by atomic mass is 16.6.